The summed E-state index contributed by atoms with van der Waals surface area (Å²) in [5.41, 5.74) is 1.52. The molecule has 2 aromatic rings. The first-order valence-corrected chi connectivity index (χ1v) is 5.93. The molecule has 0 spiro atoms. The van der Waals surface area contributed by atoms with E-state index in [2.05, 4.69) is 9.97 Å². The molecule has 0 amide bonds. The lowest BCUT2D eigenvalue weighted by molar-refractivity contribution is -0.119. The molecule has 4 N–H and O–H groups in total. The van der Waals surface area contributed by atoms with Gasteiger partial charge in [-0.25, -0.2) is 0 Å². The fourth-order valence-corrected chi connectivity index (χ4v) is 2.06. The molecule has 1 saturated heterocycles. The van der Waals surface area contributed by atoms with Crippen molar-refractivity contribution in [2.75, 3.05) is 6.61 Å². The summed E-state index contributed by atoms with van der Waals surface area (Å²) in [5.74, 6) is 0. The van der Waals surface area contributed by atoms with Crippen LogP contribution < -0.4 is 4.74 Å². The number of aromatic amines is 1. The number of benzene rings is 1. The second-order valence-electron chi connectivity index (χ2n) is 4.38. The van der Waals surface area contributed by atoms with E-state index in [-0.39, 0.29) is 6.01 Å². The monoisotopic (exact) mass is 266 g/mol. The number of rotatable bonds is 3. The molecule has 1 aromatic carbocycles. The maximum atomic E-state index is 9.74. The van der Waals surface area contributed by atoms with E-state index < -0.39 is 31.2 Å². The summed E-state index contributed by atoms with van der Waals surface area (Å²) >= 11 is 0. The van der Waals surface area contributed by atoms with E-state index in [1.165, 1.54) is 0 Å². The minimum Gasteiger partial charge on any atom is -0.432 e. The molecular weight excluding hydrogens is 252 g/mol. The topological polar surface area (TPSA) is 108 Å². The third kappa shape index (κ3) is 2.17. The SMILES string of the molecule is OC[C@H]1OC(Oc2nc3ccccc3[nH]2)[C@H](O)[C@@H]1O. The molecule has 19 heavy (non-hydrogen) atoms. The predicted octanol–water partition coefficient (Wildman–Crippen LogP) is -0.619. The lowest BCUT2D eigenvalue weighted by Crippen LogP contribution is -2.35. The predicted molar refractivity (Wildman–Crippen MR) is 64.5 cm³/mol. The van der Waals surface area contributed by atoms with Crippen molar-refractivity contribution in [1.29, 1.82) is 0 Å². The van der Waals surface area contributed by atoms with Gasteiger partial charge in [0.05, 0.1) is 17.6 Å². The van der Waals surface area contributed by atoms with E-state index in [4.69, 9.17) is 14.6 Å². The standard InChI is InChI=1S/C12H14N2O5/c15-5-8-9(16)10(17)11(18-8)19-12-13-6-3-1-2-4-7(6)14-12/h1-4,8-11,15-17H,5H2,(H,13,14)/t8-,9-,10-,11?/m1/s1. The fourth-order valence-electron chi connectivity index (χ4n) is 2.06. The molecule has 0 saturated carbocycles. The van der Waals surface area contributed by atoms with Crippen LogP contribution in [-0.2, 0) is 4.74 Å². The molecule has 1 fully saturated rings. The summed E-state index contributed by atoms with van der Waals surface area (Å²) in [6.45, 7) is -0.391. The van der Waals surface area contributed by atoms with Gasteiger partial charge in [-0.3, -0.25) is 0 Å². The van der Waals surface area contributed by atoms with Gasteiger partial charge in [0.15, 0.2) is 0 Å². The molecule has 0 radical (unpaired) electrons. The Kier molecular flexibility index (Phi) is 3.11. The second kappa shape index (κ2) is 4.78. The molecule has 4 atom stereocenters. The van der Waals surface area contributed by atoms with Gasteiger partial charge < -0.3 is 29.8 Å². The number of H-pyrrole nitrogens is 1. The van der Waals surface area contributed by atoms with Crippen molar-refractivity contribution in [1.82, 2.24) is 9.97 Å². The van der Waals surface area contributed by atoms with Crippen LogP contribution in [0.1, 0.15) is 0 Å². The first-order chi connectivity index (χ1) is 9.19. The lowest BCUT2D eigenvalue weighted by Gasteiger charge is -2.14. The maximum absolute atomic E-state index is 9.74. The molecule has 102 valence electrons. The molecule has 7 heteroatoms. The molecule has 0 aliphatic carbocycles. The van der Waals surface area contributed by atoms with Crippen LogP contribution in [0.3, 0.4) is 0 Å². The van der Waals surface area contributed by atoms with E-state index in [1.54, 1.807) is 0 Å². The minimum atomic E-state index is -1.23. The Morgan fingerprint density at radius 1 is 1.26 bits per heavy atom. The summed E-state index contributed by atoms with van der Waals surface area (Å²) in [4.78, 5) is 7.10. The molecule has 7 nitrogen and oxygen atoms in total. The number of nitrogens with one attached hydrogen (secondary N) is 1. The largest absolute Gasteiger partial charge is 0.432 e. The van der Waals surface area contributed by atoms with E-state index in [9.17, 15) is 10.2 Å². The van der Waals surface area contributed by atoms with Crippen molar-refractivity contribution in [3.05, 3.63) is 24.3 Å². The quantitative estimate of drug-likeness (QED) is 0.590. The van der Waals surface area contributed by atoms with Gasteiger partial charge in [0.2, 0.25) is 6.29 Å². The van der Waals surface area contributed by atoms with Gasteiger partial charge in [-0.1, -0.05) is 12.1 Å². The number of aromatic nitrogens is 2. The molecular formula is C12H14N2O5. The van der Waals surface area contributed by atoms with Crippen LogP contribution in [0.25, 0.3) is 11.0 Å². The maximum Gasteiger partial charge on any atom is 0.297 e. The van der Waals surface area contributed by atoms with Gasteiger partial charge in [-0.15, -0.1) is 0 Å². The number of ether oxygens (including phenoxy) is 2. The van der Waals surface area contributed by atoms with Crippen molar-refractivity contribution < 1.29 is 24.8 Å². The van der Waals surface area contributed by atoms with Crippen LogP contribution in [-0.4, -0.2) is 56.5 Å². The number of aliphatic hydroxyl groups is 3. The fraction of sp³-hybridized carbons (Fsp3) is 0.417. The lowest BCUT2D eigenvalue weighted by atomic mass is 10.1. The van der Waals surface area contributed by atoms with E-state index in [1.807, 2.05) is 24.3 Å². The number of para-hydroxylation sites is 2. The van der Waals surface area contributed by atoms with E-state index >= 15 is 0 Å². The smallest absolute Gasteiger partial charge is 0.297 e. The average molecular weight is 266 g/mol. The zero-order valence-electron chi connectivity index (χ0n) is 9.93. The molecule has 2 heterocycles. The van der Waals surface area contributed by atoms with Gasteiger partial charge in [-0.2, -0.15) is 4.98 Å². The Morgan fingerprint density at radius 3 is 2.74 bits per heavy atom. The number of fused-ring (bicyclic) bond motifs is 1. The summed E-state index contributed by atoms with van der Waals surface area (Å²) < 4.78 is 10.6. The van der Waals surface area contributed by atoms with Gasteiger partial charge >= 0.3 is 0 Å². The summed E-state index contributed by atoms with van der Waals surface area (Å²) in [6.07, 6.45) is -4.33. The highest BCUT2D eigenvalue weighted by atomic mass is 16.7. The van der Waals surface area contributed by atoms with Gasteiger partial charge in [0, 0.05) is 0 Å². The van der Waals surface area contributed by atoms with E-state index in [0.29, 0.717) is 0 Å². The highest BCUT2D eigenvalue weighted by molar-refractivity contribution is 5.75. The summed E-state index contributed by atoms with van der Waals surface area (Å²) in [7, 11) is 0. The van der Waals surface area contributed by atoms with Crippen molar-refractivity contribution in [2.45, 2.75) is 24.6 Å². The number of hydrogen-bond donors (Lipinski definition) is 4. The molecule has 1 aromatic heterocycles. The van der Waals surface area contributed by atoms with Crippen molar-refractivity contribution in [2.24, 2.45) is 0 Å². The number of hydrogen-bond acceptors (Lipinski definition) is 6. The Bertz CT molecular complexity index is 539. The average Bonchev–Trinajstić information content (AvgIpc) is 2.94. The van der Waals surface area contributed by atoms with Crippen LogP contribution in [0.15, 0.2) is 24.3 Å². The highest BCUT2D eigenvalue weighted by Crippen LogP contribution is 2.24. The molecule has 3 rings (SSSR count). The Morgan fingerprint density at radius 2 is 2.05 bits per heavy atom. The molecule has 1 aliphatic heterocycles. The van der Waals surface area contributed by atoms with Crippen LogP contribution >= 0.6 is 0 Å². The van der Waals surface area contributed by atoms with E-state index in [0.717, 1.165) is 11.0 Å². The number of imidazole rings is 1. The Balaban J connectivity index is 1.78. The molecule has 0 bridgehead atoms. The third-order valence-electron chi connectivity index (χ3n) is 3.09. The number of nitrogens with zero attached hydrogens (tertiary/aromatic N) is 1. The normalized spacial score (nSPS) is 30.9. The summed E-state index contributed by atoms with van der Waals surface area (Å²) in [5, 5.41) is 28.3. The first-order valence-electron chi connectivity index (χ1n) is 5.93. The van der Waals surface area contributed by atoms with Crippen LogP contribution in [0.5, 0.6) is 6.01 Å². The van der Waals surface area contributed by atoms with Crippen molar-refractivity contribution in [3.63, 3.8) is 0 Å². The van der Waals surface area contributed by atoms with Gasteiger partial charge in [0.1, 0.15) is 18.3 Å². The summed E-state index contributed by atoms with van der Waals surface area (Å²) in [6, 6.07) is 7.55. The van der Waals surface area contributed by atoms with Crippen LogP contribution in [0.4, 0.5) is 0 Å². The van der Waals surface area contributed by atoms with Gasteiger partial charge in [0.25, 0.3) is 6.01 Å². The van der Waals surface area contributed by atoms with Crippen LogP contribution in [0.2, 0.25) is 0 Å². The first kappa shape index (κ1) is 12.4. The third-order valence-corrected chi connectivity index (χ3v) is 3.09. The highest BCUT2D eigenvalue weighted by Gasteiger charge is 2.44. The Hall–Kier alpha value is -1.67. The second-order valence-corrected chi connectivity index (χ2v) is 4.38. The minimum absolute atomic E-state index is 0.191. The van der Waals surface area contributed by atoms with Crippen molar-refractivity contribution >= 4 is 11.0 Å². The van der Waals surface area contributed by atoms with Gasteiger partial charge in [-0.05, 0) is 12.1 Å². The molecule has 1 aliphatic rings. The zero-order chi connectivity index (χ0) is 13.4. The number of aliphatic hydroxyl groups excluding tert-OH is 3. The zero-order valence-corrected chi connectivity index (χ0v) is 9.93. The molecule has 1 unspecified atom stereocenters. The Labute approximate surface area is 108 Å². The van der Waals surface area contributed by atoms with Crippen LogP contribution in [0, 0.1) is 0 Å². The van der Waals surface area contributed by atoms with Crippen molar-refractivity contribution in [3.8, 4) is 6.01 Å².